The van der Waals surface area contributed by atoms with Crippen LogP contribution in [0.5, 0.6) is 23.0 Å². The summed E-state index contributed by atoms with van der Waals surface area (Å²) in [5, 5.41) is 19.7. The van der Waals surface area contributed by atoms with Gasteiger partial charge in [-0.05, 0) is 61.4 Å². The van der Waals surface area contributed by atoms with Crippen molar-refractivity contribution < 1.29 is 19.7 Å². The highest BCUT2D eigenvalue weighted by atomic mass is 16.5. The number of benzene rings is 2. The molecule has 4 N–H and O–H groups in total. The van der Waals surface area contributed by atoms with Gasteiger partial charge in [0.15, 0.2) is 23.0 Å². The number of aromatic nitrogens is 2. The molecule has 30 heavy (non-hydrogen) atoms. The first-order chi connectivity index (χ1) is 14.4. The van der Waals surface area contributed by atoms with Gasteiger partial charge in [-0.25, -0.2) is 0 Å². The van der Waals surface area contributed by atoms with E-state index in [1.807, 2.05) is 0 Å². The summed E-state index contributed by atoms with van der Waals surface area (Å²) in [6.07, 6.45) is 2.97. The van der Waals surface area contributed by atoms with Crippen LogP contribution in [0.2, 0.25) is 0 Å². The lowest BCUT2D eigenvalue weighted by Gasteiger charge is -2.06. The van der Waals surface area contributed by atoms with E-state index in [1.165, 1.54) is 24.3 Å². The van der Waals surface area contributed by atoms with E-state index in [1.54, 1.807) is 38.1 Å². The Morgan fingerprint density at radius 1 is 0.767 bits per heavy atom. The minimum atomic E-state index is -0.490. The van der Waals surface area contributed by atoms with Crippen LogP contribution < -0.4 is 31.3 Å². The highest BCUT2D eigenvalue weighted by molar-refractivity contribution is 5.56. The second-order valence-electron chi connectivity index (χ2n) is 6.34. The van der Waals surface area contributed by atoms with Crippen molar-refractivity contribution in [3.8, 4) is 23.0 Å². The zero-order chi connectivity index (χ0) is 21.7. The lowest BCUT2D eigenvalue weighted by molar-refractivity contribution is 0.318. The molecular weight excluding hydrogens is 388 g/mol. The lowest BCUT2D eigenvalue weighted by atomic mass is 10.2. The largest absolute Gasteiger partial charge is 0.504 e. The van der Waals surface area contributed by atoms with E-state index in [-0.39, 0.29) is 33.7 Å². The van der Waals surface area contributed by atoms with Crippen LogP contribution in [0.15, 0.2) is 46.0 Å². The van der Waals surface area contributed by atoms with Crippen LogP contribution in [0.1, 0.15) is 25.0 Å². The first-order valence-electron chi connectivity index (χ1n) is 9.39. The van der Waals surface area contributed by atoms with Crippen LogP contribution in [-0.4, -0.2) is 33.4 Å². The maximum atomic E-state index is 12.5. The van der Waals surface area contributed by atoms with E-state index in [9.17, 15) is 19.8 Å². The van der Waals surface area contributed by atoms with Gasteiger partial charge in [-0.2, -0.15) is 0 Å². The maximum Gasteiger partial charge on any atom is 0.272 e. The maximum absolute atomic E-state index is 12.5. The van der Waals surface area contributed by atoms with Crippen molar-refractivity contribution in [1.29, 1.82) is 0 Å². The van der Waals surface area contributed by atoms with Gasteiger partial charge in [0.1, 0.15) is 10.7 Å². The highest BCUT2D eigenvalue weighted by Gasteiger charge is 2.05. The molecule has 0 unspecified atom stereocenters. The van der Waals surface area contributed by atoms with Crippen LogP contribution in [0.25, 0.3) is 12.2 Å². The summed E-state index contributed by atoms with van der Waals surface area (Å²) in [5.74, 6) is 0.545. The van der Waals surface area contributed by atoms with Gasteiger partial charge in [0.25, 0.3) is 11.1 Å². The number of aromatic hydroxyl groups is 2. The summed E-state index contributed by atoms with van der Waals surface area (Å²) >= 11 is 0. The molecule has 3 aromatic rings. The molecule has 1 aromatic heterocycles. The van der Waals surface area contributed by atoms with E-state index in [2.05, 4.69) is 9.97 Å². The molecule has 0 amide bonds. The van der Waals surface area contributed by atoms with Gasteiger partial charge in [-0.3, -0.25) is 9.59 Å². The minimum absolute atomic E-state index is 0.0123. The van der Waals surface area contributed by atoms with Crippen molar-refractivity contribution in [3.05, 3.63) is 78.9 Å². The summed E-state index contributed by atoms with van der Waals surface area (Å²) < 4.78 is 10.7. The fourth-order valence-corrected chi connectivity index (χ4v) is 2.81. The van der Waals surface area contributed by atoms with Crippen molar-refractivity contribution in [2.45, 2.75) is 13.8 Å². The molecule has 2 aromatic carbocycles. The lowest BCUT2D eigenvalue weighted by Crippen LogP contribution is -2.46. The normalized spacial score (nSPS) is 12.2. The Bertz CT molecular complexity index is 1190. The van der Waals surface area contributed by atoms with E-state index in [0.29, 0.717) is 24.3 Å². The van der Waals surface area contributed by atoms with Crippen molar-refractivity contribution in [1.82, 2.24) is 9.97 Å². The first kappa shape index (κ1) is 20.8. The Balaban J connectivity index is 2.05. The standard InChI is InChI=1S/C22H22N2O6/c1-3-29-19-11-13(5-7-17(19)25)9-15-21(27)24-16(22(28)23-15)10-14-6-8-18(26)20(12-14)30-4-2/h5-12,25-26H,3-4H2,1-2H3,(H,23,28)(H,24,27)/b15-9+,16-10+. The smallest absolute Gasteiger partial charge is 0.272 e. The van der Waals surface area contributed by atoms with Crippen molar-refractivity contribution >= 4 is 12.2 Å². The SMILES string of the molecule is CCOc1cc(/C=c2/[nH]c(=O)/c(=C\c3ccc(O)c(OCC)c3)[nH]c2=O)ccc1O. The Kier molecular flexibility index (Phi) is 6.26. The quantitative estimate of drug-likeness (QED) is 0.479. The molecule has 1 heterocycles. The molecule has 0 bridgehead atoms. The average Bonchev–Trinajstić information content (AvgIpc) is 2.71. The Morgan fingerprint density at radius 3 is 1.53 bits per heavy atom. The van der Waals surface area contributed by atoms with Gasteiger partial charge in [-0.15, -0.1) is 0 Å². The number of rotatable bonds is 6. The number of hydrogen-bond donors (Lipinski definition) is 4. The number of phenolic OH excluding ortho intramolecular Hbond substituents is 2. The fraction of sp³-hybridized carbons (Fsp3) is 0.182. The molecule has 0 fully saturated rings. The van der Waals surface area contributed by atoms with Crippen LogP contribution in [0.3, 0.4) is 0 Å². The zero-order valence-corrected chi connectivity index (χ0v) is 16.6. The molecule has 8 heteroatoms. The second kappa shape index (κ2) is 9.04. The van der Waals surface area contributed by atoms with Gasteiger partial charge in [0.2, 0.25) is 0 Å². The molecule has 0 aliphatic carbocycles. The molecule has 0 saturated heterocycles. The number of ether oxygens (including phenoxy) is 2. The monoisotopic (exact) mass is 410 g/mol. The van der Waals surface area contributed by atoms with Gasteiger partial charge in [-0.1, -0.05) is 12.1 Å². The summed E-state index contributed by atoms with van der Waals surface area (Å²) in [6.45, 7) is 4.33. The number of nitrogens with one attached hydrogen (secondary N) is 2. The predicted octanol–water partition coefficient (Wildman–Crippen LogP) is 0.929. The molecule has 8 nitrogen and oxygen atoms in total. The molecule has 0 saturated carbocycles. The van der Waals surface area contributed by atoms with E-state index in [4.69, 9.17) is 9.47 Å². The van der Waals surface area contributed by atoms with Crippen LogP contribution in [0, 0.1) is 0 Å². The Morgan fingerprint density at radius 2 is 1.17 bits per heavy atom. The fourth-order valence-electron chi connectivity index (χ4n) is 2.81. The third-order valence-corrected chi connectivity index (χ3v) is 4.18. The van der Waals surface area contributed by atoms with Crippen molar-refractivity contribution in [2.75, 3.05) is 13.2 Å². The first-order valence-corrected chi connectivity index (χ1v) is 9.39. The van der Waals surface area contributed by atoms with Gasteiger partial charge < -0.3 is 29.7 Å². The van der Waals surface area contributed by atoms with E-state index >= 15 is 0 Å². The number of H-pyrrole nitrogens is 2. The summed E-state index contributed by atoms with van der Waals surface area (Å²) in [4.78, 5) is 30.1. The third-order valence-electron chi connectivity index (χ3n) is 4.18. The zero-order valence-electron chi connectivity index (χ0n) is 16.6. The molecule has 0 radical (unpaired) electrons. The number of hydrogen-bond acceptors (Lipinski definition) is 6. The number of phenols is 2. The van der Waals surface area contributed by atoms with Crippen LogP contribution in [0.4, 0.5) is 0 Å². The molecular formula is C22H22N2O6. The van der Waals surface area contributed by atoms with Crippen LogP contribution >= 0.6 is 0 Å². The predicted molar refractivity (Wildman–Crippen MR) is 113 cm³/mol. The van der Waals surface area contributed by atoms with Gasteiger partial charge >= 0.3 is 0 Å². The van der Waals surface area contributed by atoms with E-state index < -0.39 is 11.1 Å². The topological polar surface area (TPSA) is 125 Å². The molecule has 0 atom stereocenters. The average molecular weight is 410 g/mol. The highest BCUT2D eigenvalue weighted by Crippen LogP contribution is 2.27. The molecule has 0 aliphatic rings. The van der Waals surface area contributed by atoms with Gasteiger partial charge in [0.05, 0.1) is 13.2 Å². The molecule has 0 spiro atoms. The number of aromatic amines is 2. The van der Waals surface area contributed by atoms with Gasteiger partial charge in [0, 0.05) is 0 Å². The minimum Gasteiger partial charge on any atom is -0.504 e. The van der Waals surface area contributed by atoms with Crippen LogP contribution in [-0.2, 0) is 0 Å². The third kappa shape index (κ3) is 4.72. The summed E-state index contributed by atoms with van der Waals surface area (Å²) in [5.41, 5.74) is 0.175. The van der Waals surface area contributed by atoms with Crippen molar-refractivity contribution in [3.63, 3.8) is 0 Å². The Labute approximate surface area is 171 Å². The summed E-state index contributed by atoms with van der Waals surface area (Å²) in [6, 6.07) is 9.24. The Hall–Kier alpha value is -3.94. The molecule has 0 aliphatic heterocycles. The van der Waals surface area contributed by atoms with Crippen molar-refractivity contribution in [2.24, 2.45) is 0 Å². The second-order valence-corrected chi connectivity index (χ2v) is 6.34. The molecule has 156 valence electrons. The van der Waals surface area contributed by atoms with E-state index in [0.717, 1.165) is 0 Å². The molecule has 3 rings (SSSR count). The summed E-state index contributed by atoms with van der Waals surface area (Å²) in [7, 11) is 0.